The van der Waals surface area contributed by atoms with Gasteiger partial charge in [0.25, 0.3) is 0 Å². The Bertz CT molecular complexity index is 1210. The number of rotatable bonds is 1. The number of hydrogen-bond acceptors (Lipinski definition) is 9. The first kappa shape index (κ1) is 19.1. The van der Waals surface area contributed by atoms with E-state index < -0.39 is 0 Å². The van der Waals surface area contributed by atoms with Crippen molar-refractivity contribution in [1.82, 2.24) is 30.2 Å². The molecule has 31 heavy (non-hydrogen) atoms. The van der Waals surface area contributed by atoms with Crippen molar-refractivity contribution in [2.75, 3.05) is 24.7 Å². The molecule has 1 N–H and O–H groups in total. The van der Waals surface area contributed by atoms with Gasteiger partial charge in [0.15, 0.2) is 11.5 Å². The Labute approximate surface area is 183 Å². The largest absolute Gasteiger partial charge is 0.372 e. The van der Waals surface area contributed by atoms with Gasteiger partial charge in [-0.3, -0.25) is 10.3 Å². The van der Waals surface area contributed by atoms with Crippen LogP contribution in [0.4, 0.5) is 5.69 Å². The van der Waals surface area contributed by atoms with Crippen LogP contribution in [0.3, 0.4) is 0 Å². The molecule has 3 aromatic heterocycles. The van der Waals surface area contributed by atoms with Crippen molar-refractivity contribution in [2.24, 2.45) is 17.5 Å². The molecule has 1 unspecified atom stereocenters. The van der Waals surface area contributed by atoms with E-state index in [1.165, 1.54) is 6.33 Å². The zero-order chi connectivity index (χ0) is 21.3. The fraction of sp³-hybridized carbons (Fsp3) is 0.550. The number of morpholine rings is 1. The average molecular weight is 443 g/mol. The van der Waals surface area contributed by atoms with Crippen LogP contribution in [0.1, 0.15) is 19.5 Å². The molecular weight excluding hydrogens is 420 g/mol. The molecule has 0 aromatic carbocycles. The molecule has 0 bridgehead atoms. The Kier molecular flexibility index (Phi) is 4.15. The van der Waals surface area contributed by atoms with E-state index in [1.54, 1.807) is 4.68 Å². The lowest BCUT2D eigenvalue weighted by molar-refractivity contribution is -0.0522. The third-order valence-corrected chi connectivity index (χ3v) is 6.93. The number of aliphatic imine (C=N–C) groups is 1. The smallest absolute Gasteiger partial charge is 0.206 e. The van der Waals surface area contributed by atoms with Gasteiger partial charge in [-0.05, 0) is 13.8 Å². The zero-order valence-electron chi connectivity index (χ0n) is 17.5. The number of fused-ring (bicyclic) bond motifs is 5. The second-order valence-corrected chi connectivity index (χ2v) is 9.07. The van der Waals surface area contributed by atoms with E-state index in [0.717, 1.165) is 24.5 Å². The lowest BCUT2D eigenvalue weighted by atomic mass is 9.70. The fourth-order valence-electron chi connectivity index (χ4n) is 5.50. The minimum absolute atomic E-state index is 0.0129. The molecule has 10 nitrogen and oxygen atoms in total. The molecule has 162 valence electrons. The first-order valence-electron chi connectivity index (χ1n) is 10.4. The number of pyridine rings is 1. The summed E-state index contributed by atoms with van der Waals surface area (Å²) in [6.45, 7) is 6.36. The highest BCUT2D eigenvalue weighted by molar-refractivity contribution is 6.38. The highest BCUT2D eigenvalue weighted by Gasteiger charge is 2.53. The summed E-state index contributed by atoms with van der Waals surface area (Å²) in [5.41, 5.74) is 3.19. The van der Waals surface area contributed by atoms with Crippen LogP contribution >= 0.6 is 11.6 Å². The van der Waals surface area contributed by atoms with Crippen LogP contribution < -0.4 is 10.2 Å². The molecule has 3 aromatic rings. The molecule has 3 aliphatic rings. The van der Waals surface area contributed by atoms with Gasteiger partial charge in [0.1, 0.15) is 16.9 Å². The normalized spacial score (nSPS) is 30.1. The number of ether oxygens (including phenoxy) is 1. The predicted molar refractivity (Wildman–Crippen MR) is 115 cm³/mol. The van der Waals surface area contributed by atoms with Crippen molar-refractivity contribution in [1.29, 1.82) is 0 Å². The van der Waals surface area contributed by atoms with Crippen molar-refractivity contribution in [2.45, 2.75) is 38.5 Å². The van der Waals surface area contributed by atoms with E-state index in [4.69, 9.17) is 25.8 Å². The molecule has 1 saturated heterocycles. The van der Waals surface area contributed by atoms with Gasteiger partial charge in [0, 0.05) is 38.2 Å². The molecule has 0 aliphatic carbocycles. The number of nitrogens with one attached hydrogen (secondary N) is 1. The molecule has 11 heteroatoms. The summed E-state index contributed by atoms with van der Waals surface area (Å²) in [4.78, 5) is 16.3. The second-order valence-electron chi connectivity index (χ2n) is 8.69. The highest BCUT2D eigenvalue weighted by atomic mass is 35.5. The van der Waals surface area contributed by atoms with Crippen LogP contribution in [0.15, 0.2) is 15.8 Å². The minimum atomic E-state index is -0.239. The van der Waals surface area contributed by atoms with E-state index in [1.807, 2.05) is 7.05 Å². The summed E-state index contributed by atoms with van der Waals surface area (Å²) < 4.78 is 13.6. The van der Waals surface area contributed by atoms with Crippen LogP contribution in [0.25, 0.3) is 22.6 Å². The molecule has 1 fully saturated rings. The van der Waals surface area contributed by atoms with E-state index in [0.29, 0.717) is 40.7 Å². The van der Waals surface area contributed by atoms with Gasteiger partial charge in [-0.2, -0.15) is 5.10 Å². The number of halogens is 1. The highest BCUT2D eigenvalue weighted by Crippen LogP contribution is 2.49. The van der Waals surface area contributed by atoms with E-state index in [2.05, 4.69) is 50.5 Å². The molecule has 3 aliphatic heterocycles. The lowest BCUT2D eigenvalue weighted by Crippen LogP contribution is -2.67. The summed E-state index contributed by atoms with van der Waals surface area (Å²) in [6, 6.07) is 0.0885. The maximum atomic E-state index is 6.97. The van der Waals surface area contributed by atoms with E-state index >= 15 is 0 Å². The van der Waals surface area contributed by atoms with Crippen LogP contribution in [0.5, 0.6) is 0 Å². The Morgan fingerprint density at radius 3 is 2.94 bits per heavy atom. The van der Waals surface area contributed by atoms with Gasteiger partial charge in [-0.1, -0.05) is 16.8 Å². The van der Waals surface area contributed by atoms with Crippen LogP contribution in [-0.4, -0.2) is 69.1 Å². The quantitative estimate of drug-likeness (QED) is 0.608. The van der Waals surface area contributed by atoms with E-state index in [9.17, 15) is 0 Å². The summed E-state index contributed by atoms with van der Waals surface area (Å²) in [7, 11) is 1.81. The monoisotopic (exact) mass is 442 g/mol. The van der Waals surface area contributed by atoms with E-state index in [-0.39, 0.29) is 23.7 Å². The predicted octanol–water partition coefficient (Wildman–Crippen LogP) is 1.83. The topological polar surface area (TPSA) is 106 Å². The van der Waals surface area contributed by atoms with Crippen molar-refractivity contribution < 1.29 is 9.26 Å². The third-order valence-electron chi connectivity index (χ3n) is 6.58. The van der Waals surface area contributed by atoms with Crippen molar-refractivity contribution in [3.63, 3.8) is 0 Å². The molecule has 6 heterocycles. The molecule has 1 spiro atoms. The maximum Gasteiger partial charge on any atom is 0.206 e. The second kappa shape index (κ2) is 6.72. The van der Waals surface area contributed by atoms with Gasteiger partial charge in [-0.25, -0.2) is 14.6 Å². The Balaban J connectivity index is 1.59. The maximum absolute atomic E-state index is 6.97. The van der Waals surface area contributed by atoms with Crippen molar-refractivity contribution in [3.8, 4) is 11.5 Å². The molecule has 0 radical (unpaired) electrons. The number of anilines is 1. The number of hydrogen-bond donors (Lipinski definition) is 1. The molecule has 0 amide bonds. The Hall–Kier alpha value is -2.56. The molecule has 4 atom stereocenters. The Morgan fingerprint density at radius 1 is 1.32 bits per heavy atom. The van der Waals surface area contributed by atoms with Crippen molar-refractivity contribution >= 4 is 34.6 Å². The fourth-order valence-corrected chi connectivity index (χ4v) is 5.84. The molecule has 0 saturated carbocycles. The average Bonchev–Trinajstić information content (AvgIpc) is 3.33. The molecular formula is C20H23ClN8O2. The molecule has 6 rings (SSSR count). The number of nitrogens with zero attached hydrogens (tertiary/aromatic N) is 7. The summed E-state index contributed by atoms with van der Waals surface area (Å²) in [6.07, 6.45) is 4.35. The summed E-state index contributed by atoms with van der Waals surface area (Å²) in [5, 5.41) is 12.4. The summed E-state index contributed by atoms with van der Waals surface area (Å²) >= 11 is 6.97. The van der Waals surface area contributed by atoms with Crippen LogP contribution in [0, 0.1) is 5.41 Å². The Morgan fingerprint density at radius 2 is 2.19 bits per heavy atom. The van der Waals surface area contributed by atoms with Gasteiger partial charge >= 0.3 is 0 Å². The lowest BCUT2D eigenvalue weighted by Gasteiger charge is -2.55. The number of aromatic nitrogens is 5. The standard InChI is InChI=1S/C20H23ClN8O2/c1-10-5-29-16-12(4-20(6-22-8-23-7-20)18(29)11(2)30-10)26-14-15(19-24-9-25-28(19)3)27-31-17(14)13(16)21/h6,9-11,18,23H,4-5,7-8H2,1-3H3/t10-,11+,18-,20?/m0/s1. The first-order valence-corrected chi connectivity index (χ1v) is 10.8. The summed E-state index contributed by atoms with van der Waals surface area (Å²) in [5.74, 6) is 0.583. The van der Waals surface area contributed by atoms with Gasteiger partial charge < -0.3 is 14.2 Å². The van der Waals surface area contributed by atoms with Crippen LogP contribution in [-0.2, 0) is 18.2 Å². The number of aryl methyl sites for hydroxylation is 1. The van der Waals surface area contributed by atoms with Gasteiger partial charge in [0.05, 0.1) is 36.3 Å². The van der Waals surface area contributed by atoms with Crippen molar-refractivity contribution in [3.05, 3.63) is 17.0 Å². The third kappa shape index (κ3) is 2.68. The minimum Gasteiger partial charge on any atom is -0.372 e. The SMILES string of the molecule is C[C@H]1CN2c3c(nc4c(-c5ncnn5C)noc4c3Cl)CC3(C=NCNC3)[C@@H]2[C@@H](C)O1. The van der Waals surface area contributed by atoms with Gasteiger partial charge in [0.2, 0.25) is 5.58 Å². The zero-order valence-corrected chi connectivity index (χ0v) is 18.3. The van der Waals surface area contributed by atoms with Gasteiger partial charge in [-0.15, -0.1) is 0 Å². The first-order chi connectivity index (χ1) is 15.0. The van der Waals surface area contributed by atoms with Crippen LogP contribution in [0.2, 0.25) is 5.02 Å².